The first-order valence-electron chi connectivity index (χ1n) is 8.05. The lowest BCUT2D eigenvalue weighted by molar-refractivity contribution is 0.0663. The summed E-state index contributed by atoms with van der Waals surface area (Å²) in [4.78, 5) is 16.9. The average molecular weight is 314 g/mol. The standard InChI is InChI=1S/C17H22N4O2/c1-21-11-13(10-20-21)16-14(6-4-8-18-16)17(23)19-9-12-5-2-3-7-15(12)22/h4,6,8,10-12,15,22H,2-3,5,7,9H2,1H3,(H,19,23)/t12-,15+/m0/s1. The zero-order valence-corrected chi connectivity index (χ0v) is 13.3. The third-order valence-electron chi connectivity index (χ3n) is 4.42. The van der Waals surface area contributed by atoms with Crippen LogP contribution in [0.25, 0.3) is 11.3 Å². The van der Waals surface area contributed by atoms with Gasteiger partial charge in [0.1, 0.15) is 0 Å². The van der Waals surface area contributed by atoms with Crippen molar-refractivity contribution in [2.45, 2.75) is 31.8 Å². The highest BCUT2D eigenvalue weighted by atomic mass is 16.3. The highest BCUT2D eigenvalue weighted by Crippen LogP contribution is 2.24. The topological polar surface area (TPSA) is 80.0 Å². The van der Waals surface area contributed by atoms with E-state index in [4.69, 9.17) is 0 Å². The van der Waals surface area contributed by atoms with E-state index in [0.29, 0.717) is 17.8 Å². The molecule has 6 heteroatoms. The number of aryl methyl sites for hydroxylation is 1. The molecule has 122 valence electrons. The van der Waals surface area contributed by atoms with E-state index >= 15 is 0 Å². The highest BCUT2D eigenvalue weighted by Gasteiger charge is 2.24. The van der Waals surface area contributed by atoms with Gasteiger partial charge in [0.25, 0.3) is 5.91 Å². The Balaban J connectivity index is 1.72. The van der Waals surface area contributed by atoms with E-state index in [1.807, 2.05) is 13.2 Å². The quantitative estimate of drug-likeness (QED) is 0.901. The predicted molar refractivity (Wildman–Crippen MR) is 86.7 cm³/mol. The van der Waals surface area contributed by atoms with Gasteiger partial charge in [0, 0.05) is 37.5 Å². The molecule has 2 aromatic heterocycles. The zero-order chi connectivity index (χ0) is 16.2. The fourth-order valence-electron chi connectivity index (χ4n) is 3.11. The summed E-state index contributed by atoms with van der Waals surface area (Å²) in [5.41, 5.74) is 1.98. The number of rotatable bonds is 4. The number of carbonyl (C=O) groups excluding carboxylic acids is 1. The SMILES string of the molecule is Cn1cc(-c2ncccc2C(=O)NC[C@@H]2CCCC[C@H]2O)cn1. The van der Waals surface area contributed by atoms with E-state index in [1.165, 1.54) is 0 Å². The zero-order valence-electron chi connectivity index (χ0n) is 13.3. The number of aromatic nitrogens is 3. The van der Waals surface area contributed by atoms with Crippen LogP contribution in [-0.2, 0) is 7.05 Å². The summed E-state index contributed by atoms with van der Waals surface area (Å²) in [6.45, 7) is 0.501. The monoisotopic (exact) mass is 314 g/mol. The maximum Gasteiger partial charge on any atom is 0.253 e. The number of nitrogens with zero attached hydrogens (tertiary/aromatic N) is 3. The van der Waals surface area contributed by atoms with Crippen molar-refractivity contribution < 1.29 is 9.90 Å². The van der Waals surface area contributed by atoms with Gasteiger partial charge in [-0.2, -0.15) is 5.10 Å². The smallest absolute Gasteiger partial charge is 0.253 e. The van der Waals surface area contributed by atoms with E-state index < -0.39 is 0 Å². The molecule has 1 aliphatic rings. The Kier molecular flexibility index (Phi) is 4.71. The Morgan fingerprint density at radius 1 is 1.43 bits per heavy atom. The summed E-state index contributed by atoms with van der Waals surface area (Å²) in [6, 6.07) is 3.52. The van der Waals surface area contributed by atoms with Crippen molar-refractivity contribution >= 4 is 5.91 Å². The second kappa shape index (κ2) is 6.91. The lowest BCUT2D eigenvalue weighted by Crippen LogP contribution is -2.36. The third kappa shape index (κ3) is 3.59. The molecule has 1 amide bonds. The van der Waals surface area contributed by atoms with E-state index in [9.17, 15) is 9.90 Å². The van der Waals surface area contributed by atoms with Gasteiger partial charge in [-0.25, -0.2) is 0 Å². The van der Waals surface area contributed by atoms with Gasteiger partial charge in [0.15, 0.2) is 0 Å². The molecular weight excluding hydrogens is 292 g/mol. The fraction of sp³-hybridized carbons (Fsp3) is 0.471. The number of amides is 1. The van der Waals surface area contributed by atoms with Crippen LogP contribution in [0.2, 0.25) is 0 Å². The van der Waals surface area contributed by atoms with Crippen LogP contribution in [0, 0.1) is 5.92 Å². The minimum absolute atomic E-state index is 0.145. The minimum Gasteiger partial charge on any atom is -0.393 e. The second-order valence-electron chi connectivity index (χ2n) is 6.12. The highest BCUT2D eigenvalue weighted by molar-refractivity contribution is 5.99. The van der Waals surface area contributed by atoms with Gasteiger partial charge in [-0.15, -0.1) is 0 Å². The lowest BCUT2D eigenvalue weighted by Gasteiger charge is -2.27. The van der Waals surface area contributed by atoms with Crippen molar-refractivity contribution in [1.82, 2.24) is 20.1 Å². The molecule has 1 fully saturated rings. The Bertz CT molecular complexity index is 683. The minimum atomic E-state index is -0.309. The molecule has 23 heavy (non-hydrogen) atoms. The fourth-order valence-corrected chi connectivity index (χ4v) is 3.11. The normalized spacial score (nSPS) is 21.1. The first-order chi connectivity index (χ1) is 11.1. The van der Waals surface area contributed by atoms with E-state index in [1.54, 1.807) is 29.2 Å². The van der Waals surface area contributed by atoms with Gasteiger partial charge < -0.3 is 10.4 Å². The van der Waals surface area contributed by atoms with Crippen LogP contribution in [0.4, 0.5) is 0 Å². The van der Waals surface area contributed by atoms with Gasteiger partial charge in [0.2, 0.25) is 0 Å². The molecule has 0 aromatic carbocycles. The second-order valence-corrected chi connectivity index (χ2v) is 6.12. The summed E-state index contributed by atoms with van der Waals surface area (Å²) < 4.78 is 1.68. The Hall–Kier alpha value is -2.21. The van der Waals surface area contributed by atoms with Gasteiger partial charge >= 0.3 is 0 Å². The third-order valence-corrected chi connectivity index (χ3v) is 4.42. The molecule has 0 saturated heterocycles. The van der Waals surface area contributed by atoms with Crippen molar-refractivity contribution in [3.63, 3.8) is 0 Å². The van der Waals surface area contributed by atoms with Crippen molar-refractivity contribution in [3.05, 3.63) is 36.3 Å². The molecule has 2 atom stereocenters. The van der Waals surface area contributed by atoms with Crippen LogP contribution < -0.4 is 5.32 Å². The van der Waals surface area contributed by atoms with Crippen molar-refractivity contribution in [2.24, 2.45) is 13.0 Å². The van der Waals surface area contributed by atoms with Gasteiger partial charge in [0.05, 0.1) is 23.6 Å². The van der Waals surface area contributed by atoms with Gasteiger partial charge in [-0.05, 0) is 25.0 Å². The number of nitrogens with one attached hydrogen (secondary N) is 1. The molecule has 3 rings (SSSR count). The van der Waals surface area contributed by atoms with E-state index in [-0.39, 0.29) is 17.9 Å². The summed E-state index contributed by atoms with van der Waals surface area (Å²) in [5.74, 6) is -0.0130. The number of aliphatic hydroxyl groups is 1. The summed E-state index contributed by atoms with van der Waals surface area (Å²) in [5, 5.41) is 17.1. The van der Waals surface area contributed by atoms with Crippen LogP contribution in [-0.4, -0.2) is 38.4 Å². The molecule has 1 saturated carbocycles. The molecule has 2 heterocycles. The van der Waals surface area contributed by atoms with Crippen LogP contribution in [0.15, 0.2) is 30.7 Å². The molecule has 2 N–H and O–H groups in total. The summed E-state index contributed by atoms with van der Waals surface area (Å²) >= 11 is 0. The molecule has 0 radical (unpaired) electrons. The van der Waals surface area contributed by atoms with Crippen LogP contribution in [0.5, 0.6) is 0 Å². The van der Waals surface area contributed by atoms with Crippen molar-refractivity contribution in [2.75, 3.05) is 6.54 Å². The largest absolute Gasteiger partial charge is 0.393 e. The maximum atomic E-state index is 12.5. The number of carbonyl (C=O) groups is 1. The molecule has 0 aliphatic heterocycles. The Morgan fingerprint density at radius 2 is 2.26 bits per heavy atom. The van der Waals surface area contributed by atoms with Crippen LogP contribution in [0.1, 0.15) is 36.0 Å². The molecule has 0 unspecified atom stereocenters. The molecule has 6 nitrogen and oxygen atoms in total. The van der Waals surface area contributed by atoms with Crippen molar-refractivity contribution in [3.8, 4) is 11.3 Å². The van der Waals surface area contributed by atoms with Crippen LogP contribution in [0.3, 0.4) is 0 Å². The van der Waals surface area contributed by atoms with Crippen molar-refractivity contribution in [1.29, 1.82) is 0 Å². The van der Waals surface area contributed by atoms with Crippen LogP contribution >= 0.6 is 0 Å². The molecular formula is C17H22N4O2. The number of pyridine rings is 1. The predicted octanol–water partition coefficient (Wildman–Crippen LogP) is 1.76. The Labute approximate surface area is 135 Å². The Morgan fingerprint density at radius 3 is 3.00 bits per heavy atom. The number of hydrogen-bond acceptors (Lipinski definition) is 4. The molecule has 2 aromatic rings. The first-order valence-corrected chi connectivity index (χ1v) is 8.05. The first kappa shape index (κ1) is 15.7. The number of hydrogen-bond donors (Lipinski definition) is 2. The number of aliphatic hydroxyl groups excluding tert-OH is 1. The van der Waals surface area contributed by atoms with E-state index in [0.717, 1.165) is 31.2 Å². The summed E-state index contributed by atoms with van der Waals surface area (Å²) in [6.07, 6.45) is 8.87. The van der Waals surface area contributed by atoms with Gasteiger partial charge in [-0.3, -0.25) is 14.5 Å². The molecule has 1 aliphatic carbocycles. The van der Waals surface area contributed by atoms with E-state index in [2.05, 4.69) is 15.4 Å². The lowest BCUT2D eigenvalue weighted by atomic mass is 9.86. The molecule has 0 bridgehead atoms. The average Bonchev–Trinajstić information content (AvgIpc) is 3.00. The summed E-state index contributed by atoms with van der Waals surface area (Å²) in [7, 11) is 1.83. The maximum absolute atomic E-state index is 12.5. The van der Waals surface area contributed by atoms with Gasteiger partial charge in [-0.1, -0.05) is 12.8 Å². The molecule has 0 spiro atoms.